The highest BCUT2D eigenvalue weighted by Crippen LogP contribution is 2.11. The zero-order valence-electron chi connectivity index (χ0n) is 22.6. The Bertz CT molecular complexity index is 1160. The molecule has 3 atom stereocenters. The molecule has 0 bridgehead atoms. The number of aromatic hydroxyl groups is 1. The topological polar surface area (TPSA) is 200 Å². The molecule has 0 spiro atoms. The summed E-state index contributed by atoms with van der Waals surface area (Å²) < 4.78 is 0. The van der Waals surface area contributed by atoms with Gasteiger partial charge >= 0.3 is 5.97 Å². The standard InChI is InChI=1S/C28H37N5O7/c1-17(2)12-23(28(39)40)33-27(38)22(14-18-6-4-3-5-7-18)32-25(36)16-30-24(35)15-31-26(37)21(29)13-19-8-10-20(34)11-9-19/h3-11,17,21-23,34H,12-16,29H2,1-2H3,(H,30,35)(H,31,37)(H,32,36)(H,33,38)(H,39,40)/t21-,22-,23?/m1/s1. The van der Waals surface area contributed by atoms with Gasteiger partial charge in [-0.3, -0.25) is 19.2 Å². The van der Waals surface area contributed by atoms with Crippen LogP contribution in [0.15, 0.2) is 54.6 Å². The molecule has 12 nitrogen and oxygen atoms in total. The van der Waals surface area contributed by atoms with E-state index in [1.54, 1.807) is 42.5 Å². The third kappa shape index (κ3) is 11.5. The minimum Gasteiger partial charge on any atom is -0.508 e. The van der Waals surface area contributed by atoms with Gasteiger partial charge in [0, 0.05) is 6.42 Å². The van der Waals surface area contributed by atoms with Crippen molar-refractivity contribution < 1.29 is 34.2 Å². The van der Waals surface area contributed by atoms with Crippen LogP contribution in [0.2, 0.25) is 0 Å². The first kappa shape index (κ1) is 31.8. The van der Waals surface area contributed by atoms with E-state index in [0.29, 0.717) is 0 Å². The lowest BCUT2D eigenvalue weighted by atomic mass is 10.0. The van der Waals surface area contributed by atoms with Gasteiger partial charge in [-0.15, -0.1) is 0 Å². The molecular weight excluding hydrogens is 518 g/mol. The van der Waals surface area contributed by atoms with E-state index in [1.807, 2.05) is 13.8 Å². The van der Waals surface area contributed by atoms with Crippen LogP contribution in [0.5, 0.6) is 5.75 Å². The summed E-state index contributed by atoms with van der Waals surface area (Å²) in [7, 11) is 0. The van der Waals surface area contributed by atoms with Crippen molar-refractivity contribution in [2.45, 2.75) is 51.2 Å². The van der Waals surface area contributed by atoms with Crippen molar-refractivity contribution in [3.8, 4) is 5.75 Å². The van der Waals surface area contributed by atoms with Crippen molar-refractivity contribution in [3.63, 3.8) is 0 Å². The number of nitrogens with one attached hydrogen (secondary N) is 4. The van der Waals surface area contributed by atoms with Crippen molar-refractivity contribution >= 4 is 29.6 Å². The summed E-state index contributed by atoms with van der Waals surface area (Å²) in [5, 5.41) is 28.6. The number of rotatable bonds is 15. The molecule has 0 saturated heterocycles. The Morgan fingerprint density at radius 1 is 0.750 bits per heavy atom. The highest BCUT2D eigenvalue weighted by molar-refractivity contribution is 5.93. The molecule has 2 aromatic carbocycles. The molecule has 0 aliphatic heterocycles. The lowest BCUT2D eigenvalue weighted by molar-refractivity contribution is -0.142. The molecule has 1 unspecified atom stereocenters. The van der Waals surface area contributed by atoms with Crippen LogP contribution >= 0.6 is 0 Å². The normalized spacial score (nSPS) is 13.0. The first-order valence-corrected chi connectivity index (χ1v) is 12.9. The van der Waals surface area contributed by atoms with Crippen LogP contribution < -0.4 is 27.0 Å². The average molecular weight is 556 g/mol. The molecule has 12 heteroatoms. The molecule has 0 fully saturated rings. The van der Waals surface area contributed by atoms with Crippen LogP contribution in [0.4, 0.5) is 0 Å². The van der Waals surface area contributed by atoms with E-state index in [1.165, 1.54) is 12.1 Å². The van der Waals surface area contributed by atoms with Gasteiger partial charge in [-0.2, -0.15) is 0 Å². The summed E-state index contributed by atoms with van der Waals surface area (Å²) in [6.07, 6.45) is 0.518. The van der Waals surface area contributed by atoms with Crippen LogP contribution in [0.3, 0.4) is 0 Å². The predicted molar refractivity (Wildman–Crippen MR) is 147 cm³/mol. The summed E-state index contributed by atoms with van der Waals surface area (Å²) in [6, 6.07) is 12.0. The fourth-order valence-corrected chi connectivity index (χ4v) is 3.79. The second-order valence-electron chi connectivity index (χ2n) is 9.81. The number of carboxylic acid groups (broad SMARTS) is 1. The highest BCUT2D eigenvalue weighted by atomic mass is 16.4. The summed E-state index contributed by atoms with van der Waals surface area (Å²) in [6.45, 7) is 2.78. The van der Waals surface area contributed by atoms with Crippen LogP contribution in [0.1, 0.15) is 31.4 Å². The molecule has 0 aromatic heterocycles. The second kappa shape index (κ2) is 15.8. The molecule has 0 aliphatic rings. The molecule has 40 heavy (non-hydrogen) atoms. The summed E-state index contributed by atoms with van der Waals surface area (Å²) >= 11 is 0. The fourth-order valence-electron chi connectivity index (χ4n) is 3.79. The Morgan fingerprint density at radius 2 is 1.35 bits per heavy atom. The number of carboxylic acids is 1. The number of carbonyl (C=O) groups is 5. The Hall–Kier alpha value is -4.45. The first-order valence-electron chi connectivity index (χ1n) is 12.9. The predicted octanol–water partition coefficient (Wildman–Crippen LogP) is -0.163. The van der Waals surface area contributed by atoms with E-state index in [0.717, 1.165) is 11.1 Å². The largest absolute Gasteiger partial charge is 0.508 e. The number of nitrogens with two attached hydrogens (primary N) is 1. The smallest absolute Gasteiger partial charge is 0.326 e. The Labute approximate surface area is 232 Å². The third-order valence-electron chi connectivity index (χ3n) is 5.85. The molecule has 4 amide bonds. The lowest BCUT2D eigenvalue weighted by Gasteiger charge is -2.22. The molecule has 2 aromatic rings. The zero-order chi connectivity index (χ0) is 29.7. The van der Waals surface area contributed by atoms with Gasteiger partial charge in [-0.1, -0.05) is 56.3 Å². The van der Waals surface area contributed by atoms with Gasteiger partial charge in [0.25, 0.3) is 0 Å². The van der Waals surface area contributed by atoms with E-state index >= 15 is 0 Å². The van der Waals surface area contributed by atoms with E-state index in [9.17, 15) is 34.2 Å². The molecule has 0 radical (unpaired) electrons. The van der Waals surface area contributed by atoms with Gasteiger partial charge in [-0.25, -0.2) is 4.79 Å². The number of carbonyl (C=O) groups excluding carboxylic acids is 4. The maximum Gasteiger partial charge on any atom is 0.326 e. The number of aliphatic carboxylic acids is 1. The van der Waals surface area contributed by atoms with Crippen LogP contribution in [0, 0.1) is 5.92 Å². The summed E-state index contributed by atoms with van der Waals surface area (Å²) in [5.74, 6) is -3.62. The molecule has 2 rings (SSSR count). The number of hydrogen-bond donors (Lipinski definition) is 7. The van der Waals surface area contributed by atoms with Gasteiger partial charge in [0.15, 0.2) is 0 Å². The van der Waals surface area contributed by atoms with E-state index < -0.39 is 60.8 Å². The Balaban J connectivity index is 1.88. The zero-order valence-corrected chi connectivity index (χ0v) is 22.6. The van der Waals surface area contributed by atoms with Gasteiger partial charge in [0.2, 0.25) is 23.6 Å². The number of phenolic OH excluding ortho intramolecular Hbond substituents is 1. The van der Waals surface area contributed by atoms with Crippen LogP contribution in [0.25, 0.3) is 0 Å². The molecule has 0 aliphatic carbocycles. The van der Waals surface area contributed by atoms with Crippen molar-refractivity contribution in [1.29, 1.82) is 0 Å². The van der Waals surface area contributed by atoms with Crippen molar-refractivity contribution in [1.82, 2.24) is 21.3 Å². The maximum atomic E-state index is 13.0. The molecule has 8 N–H and O–H groups in total. The first-order chi connectivity index (χ1) is 18.9. The third-order valence-corrected chi connectivity index (χ3v) is 5.85. The quantitative estimate of drug-likeness (QED) is 0.157. The van der Waals surface area contributed by atoms with E-state index in [2.05, 4.69) is 21.3 Å². The SMILES string of the molecule is CC(C)CC(NC(=O)[C@@H](Cc1ccccc1)NC(=O)CNC(=O)CNC(=O)[C@H](N)Cc1ccc(O)cc1)C(=O)O. The number of amides is 4. The summed E-state index contributed by atoms with van der Waals surface area (Å²) in [5.41, 5.74) is 7.35. The van der Waals surface area contributed by atoms with Gasteiger partial charge in [0.1, 0.15) is 17.8 Å². The van der Waals surface area contributed by atoms with Crippen LogP contribution in [-0.2, 0) is 36.8 Å². The molecular formula is C28H37N5O7. The monoisotopic (exact) mass is 555 g/mol. The molecule has 0 heterocycles. The van der Waals surface area contributed by atoms with Gasteiger partial charge in [0.05, 0.1) is 19.1 Å². The van der Waals surface area contributed by atoms with Crippen molar-refractivity contribution in [3.05, 3.63) is 65.7 Å². The lowest BCUT2D eigenvalue weighted by Crippen LogP contribution is -2.54. The second-order valence-corrected chi connectivity index (χ2v) is 9.81. The summed E-state index contributed by atoms with van der Waals surface area (Å²) in [4.78, 5) is 61.6. The van der Waals surface area contributed by atoms with Crippen LogP contribution in [-0.4, -0.2) is 71.0 Å². The van der Waals surface area contributed by atoms with Gasteiger partial charge in [-0.05, 0) is 42.0 Å². The highest BCUT2D eigenvalue weighted by Gasteiger charge is 2.27. The van der Waals surface area contributed by atoms with Crippen molar-refractivity contribution in [2.24, 2.45) is 11.7 Å². The molecule has 216 valence electrons. The van der Waals surface area contributed by atoms with Gasteiger partial charge < -0.3 is 37.2 Å². The minimum atomic E-state index is -1.18. The minimum absolute atomic E-state index is 0.0154. The average Bonchev–Trinajstić information content (AvgIpc) is 2.91. The number of phenols is 1. The number of benzene rings is 2. The Morgan fingerprint density at radius 3 is 1.95 bits per heavy atom. The Kier molecular flexibility index (Phi) is 12.6. The number of hydrogen-bond acceptors (Lipinski definition) is 7. The van der Waals surface area contributed by atoms with E-state index in [-0.39, 0.29) is 30.9 Å². The maximum absolute atomic E-state index is 13.0. The van der Waals surface area contributed by atoms with E-state index in [4.69, 9.17) is 5.73 Å². The molecule has 0 saturated carbocycles. The fraction of sp³-hybridized carbons (Fsp3) is 0.393. The van der Waals surface area contributed by atoms with Crippen molar-refractivity contribution in [2.75, 3.05) is 13.1 Å².